The minimum atomic E-state index is -1.76. The summed E-state index contributed by atoms with van der Waals surface area (Å²) in [5.74, 6) is -5.49. The normalized spacial score (nSPS) is 29.0. The number of nitrogens with one attached hydrogen (secondary N) is 2. The predicted octanol–water partition coefficient (Wildman–Crippen LogP) is 2.90. The van der Waals surface area contributed by atoms with Crippen molar-refractivity contribution in [2.45, 2.75) is 160 Å². The van der Waals surface area contributed by atoms with E-state index in [1.165, 1.54) is 14.0 Å². The van der Waals surface area contributed by atoms with Crippen molar-refractivity contribution in [1.29, 1.82) is 0 Å². The van der Waals surface area contributed by atoms with Crippen LogP contribution in [0.2, 0.25) is 0 Å². The lowest BCUT2D eigenvalue weighted by Gasteiger charge is -2.51. The van der Waals surface area contributed by atoms with E-state index in [0.717, 1.165) is 58.2 Å². The van der Waals surface area contributed by atoms with Gasteiger partial charge in [-0.3, -0.25) is 33.6 Å². The van der Waals surface area contributed by atoms with Crippen LogP contribution in [0.25, 0.3) is 0 Å². The van der Waals surface area contributed by atoms with Crippen molar-refractivity contribution in [3.05, 3.63) is 108 Å². The Morgan fingerprint density at radius 1 is 0.416 bits per heavy atom. The minimum Gasteiger partial charge on any atom is -0.463 e. The van der Waals surface area contributed by atoms with E-state index in [1.807, 2.05) is 91.0 Å². The first-order valence-electron chi connectivity index (χ1n) is 25.0. The summed E-state index contributed by atoms with van der Waals surface area (Å²) >= 11 is 0. The highest BCUT2D eigenvalue weighted by molar-refractivity contribution is 5.74. The zero-order chi connectivity index (χ0) is 55.6. The lowest BCUT2D eigenvalue weighted by molar-refractivity contribution is -0.371. The van der Waals surface area contributed by atoms with Crippen molar-refractivity contribution in [3.8, 4) is 0 Å². The Labute approximate surface area is 445 Å². The van der Waals surface area contributed by atoms with Crippen molar-refractivity contribution in [1.82, 2.24) is 10.6 Å². The first-order valence-corrected chi connectivity index (χ1v) is 25.0. The Bertz CT molecular complexity index is 2400. The molecule has 3 saturated heterocycles. The van der Waals surface area contributed by atoms with Gasteiger partial charge in [-0.1, -0.05) is 91.0 Å². The number of carbonyl (C=O) groups excluding carboxylic acids is 7. The van der Waals surface area contributed by atoms with Gasteiger partial charge in [-0.2, -0.15) is 0 Å². The van der Waals surface area contributed by atoms with Gasteiger partial charge in [0.1, 0.15) is 68.0 Å². The van der Waals surface area contributed by atoms with Crippen molar-refractivity contribution < 1.29 is 99.9 Å². The number of ether oxygens (including phenoxy) is 14. The van der Waals surface area contributed by atoms with E-state index in [1.54, 1.807) is 0 Å². The van der Waals surface area contributed by atoms with Gasteiger partial charge < -0.3 is 76.9 Å². The highest BCUT2D eigenvalue weighted by Crippen LogP contribution is 2.37. The lowest BCUT2D eigenvalue weighted by Crippen LogP contribution is -2.71. The molecule has 2 N–H and O–H groups in total. The quantitative estimate of drug-likeness (QED) is 0.0964. The molecule has 77 heavy (non-hydrogen) atoms. The van der Waals surface area contributed by atoms with Crippen LogP contribution < -0.4 is 10.6 Å². The van der Waals surface area contributed by atoms with Gasteiger partial charge in [-0.15, -0.1) is 0 Å². The summed E-state index contributed by atoms with van der Waals surface area (Å²) in [7, 11) is 1.39. The number of hydrogen-bond acceptors (Lipinski definition) is 21. The van der Waals surface area contributed by atoms with E-state index in [2.05, 4.69) is 10.6 Å². The minimum absolute atomic E-state index is 0.00294. The SMILES string of the molecule is CO[C@H]1O[C@H](COCc2ccccc2)[C@H](OCc2ccccc2)[C@@H](OCc2ccccc2)[C@@H]1O[C@@H]1O[C@@H](COC(C)=O)[C@@H](O[C@H]2O[C@H](COC(C)=O)[C@@H](OC(C)=O)[C@H](OC(C)=O)[C@@H]2NC(C)=O)[C@@H](OC(C)=O)[C@@H]1NC(C)=O. The topological polar surface area (TPSA) is 273 Å². The molecule has 2 amide bonds. The molecular weight excluding hydrogens is 1010 g/mol. The summed E-state index contributed by atoms with van der Waals surface area (Å²) in [6.07, 6.45) is -18.1. The van der Waals surface area contributed by atoms with Gasteiger partial charge in [0.15, 0.2) is 37.2 Å². The zero-order valence-corrected chi connectivity index (χ0v) is 44.1. The van der Waals surface area contributed by atoms with E-state index >= 15 is 0 Å². The smallest absolute Gasteiger partial charge is 0.303 e. The van der Waals surface area contributed by atoms with Crippen LogP contribution >= 0.6 is 0 Å². The maximum absolute atomic E-state index is 13.4. The summed E-state index contributed by atoms with van der Waals surface area (Å²) < 4.78 is 87.1. The molecule has 3 aromatic rings. The number of rotatable bonds is 24. The second-order valence-electron chi connectivity index (χ2n) is 18.4. The van der Waals surface area contributed by atoms with Gasteiger partial charge in [0, 0.05) is 55.6 Å². The van der Waals surface area contributed by atoms with Crippen LogP contribution in [0.1, 0.15) is 65.2 Å². The molecule has 420 valence electrons. The molecule has 0 radical (unpaired) electrons. The molecule has 23 nitrogen and oxygen atoms in total. The molecule has 3 fully saturated rings. The maximum Gasteiger partial charge on any atom is 0.303 e. The summed E-state index contributed by atoms with van der Waals surface area (Å²) in [6.45, 7) is 7.01. The zero-order valence-electron chi connectivity index (χ0n) is 44.1. The number of carbonyl (C=O) groups is 7. The number of hydrogen-bond donors (Lipinski definition) is 2. The van der Waals surface area contributed by atoms with Crippen LogP contribution in [-0.4, -0.2) is 161 Å². The number of amides is 2. The molecular formula is C54H68N2O21. The first-order chi connectivity index (χ1) is 36.9. The van der Waals surface area contributed by atoms with Gasteiger partial charge in [-0.25, -0.2) is 0 Å². The molecule has 0 unspecified atom stereocenters. The third kappa shape index (κ3) is 17.8. The van der Waals surface area contributed by atoms with Gasteiger partial charge in [0.2, 0.25) is 11.8 Å². The van der Waals surface area contributed by atoms with Crippen molar-refractivity contribution in [3.63, 3.8) is 0 Å². The lowest BCUT2D eigenvalue weighted by atomic mass is 9.93. The molecule has 0 aliphatic carbocycles. The van der Waals surface area contributed by atoms with E-state index in [4.69, 9.17) is 66.3 Å². The third-order valence-electron chi connectivity index (χ3n) is 12.2. The Balaban J connectivity index is 1.43. The van der Waals surface area contributed by atoms with E-state index in [0.29, 0.717) is 0 Å². The van der Waals surface area contributed by atoms with Gasteiger partial charge in [-0.05, 0) is 16.7 Å². The Morgan fingerprint density at radius 2 is 0.792 bits per heavy atom. The Hall–Kier alpha value is -6.41. The fraction of sp³-hybridized carbons (Fsp3) is 0.537. The van der Waals surface area contributed by atoms with Crippen molar-refractivity contribution in [2.75, 3.05) is 26.9 Å². The number of methoxy groups -OCH3 is 1. The fourth-order valence-corrected chi connectivity index (χ4v) is 9.09. The fourth-order valence-electron chi connectivity index (χ4n) is 9.09. The average molecular weight is 1080 g/mol. The average Bonchev–Trinajstić information content (AvgIpc) is 3.38. The number of benzene rings is 3. The van der Waals surface area contributed by atoms with Crippen LogP contribution in [0.5, 0.6) is 0 Å². The van der Waals surface area contributed by atoms with Crippen LogP contribution in [0.4, 0.5) is 0 Å². The van der Waals surface area contributed by atoms with Crippen molar-refractivity contribution in [2.24, 2.45) is 0 Å². The molecule has 0 bridgehead atoms. The Morgan fingerprint density at radius 3 is 1.22 bits per heavy atom. The molecule has 23 heteroatoms. The molecule has 3 heterocycles. The van der Waals surface area contributed by atoms with E-state index in [9.17, 15) is 33.6 Å². The van der Waals surface area contributed by atoms with Gasteiger partial charge in [0.05, 0.1) is 26.4 Å². The second kappa shape index (κ2) is 29.4. The van der Waals surface area contributed by atoms with Gasteiger partial charge >= 0.3 is 29.8 Å². The molecule has 3 aliphatic rings. The predicted molar refractivity (Wildman–Crippen MR) is 264 cm³/mol. The van der Waals surface area contributed by atoms with Crippen LogP contribution in [-0.2, 0) is 120 Å². The number of esters is 5. The molecule has 0 spiro atoms. The van der Waals surface area contributed by atoms with Crippen LogP contribution in [0.3, 0.4) is 0 Å². The molecule has 0 aromatic heterocycles. The highest BCUT2D eigenvalue weighted by atomic mass is 16.8. The molecule has 3 aromatic carbocycles. The largest absolute Gasteiger partial charge is 0.463 e. The molecule has 0 saturated carbocycles. The highest BCUT2D eigenvalue weighted by Gasteiger charge is 2.58. The van der Waals surface area contributed by atoms with Crippen LogP contribution in [0, 0.1) is 0 Å². The summed E-state index contributed by atoms with van der Waals surface area (Å²) in [5.41, 5.74) is 2.53. The summed E-state index contributed by atoms with van der Waals surface area (Å²) in [4.78, 5) is 89.6. The Kier molecular flexibility index (Phi) is 22.8. The molecule has 15 atom stereocenters. The molecule has 6 rings (SSSR count). The molecule has 3 aliphatic heterocycles. The third-order valence-corrected chi connectivity index (χ3v) is 12.2. The van der Waals surface area contributed by atoms with Gasteiger partial charge in [0.25, 0.3) is 0 Å². The summed E-state index contributed by atoms with van der Waals surface area (Å²) in [6, 6.07) is 25.3. The van der Waals surface area contributed by atoms with E-state index < -0.39 is 147 Å². The van der Waals surface area contributed by atoms with Crippen molar-refractivity contribution >= 4 is 41.7 Å². The van der Waals surface area contributed by atoms with Crippen LogP contribution in [0.15, 0.2) is 91.0 Å². The standard InChI is InChI=1S/C54H68N2O21/c1-30(57)55-43-48(71-35(6)62)46(70-34(5)61)41(28-66-32(3)59)73-52(43)76-47-42(29-67-33(4)60)74-53(44(56-31(2)58)49(47)72-36(7)63)77-51-50(69-26-39-22-16-11-17-23-39)45(68-25-38-20-14-10-15-21-38)40(75-54(51)64-8)27-65-24-37-18-12-9-13-19-37/h9-23,40-54H,24-29H2,1-8H3,(H,55,57)(H,56,58)/t40-,41-,42+,43+,44+,45+,46-,47-,48-,49+,50-,51+,52-,53+,54+/m1/s1. The van der Waals surface area contributed by atoms with E-state index in [-0.39, 0.29) is 26.4 Å². The monoisotopic (exact) mass is 1080 g/mol. The second-order valence-corrected chi connectivity index (χ2v) is 18.4. The first kappa shape index (κ1) is 59.8. The summed E-state index contributed by atoms with van der Waals surface area (Å²) in [5, 5.41) is 5.40. The maximum atomic E-state index is 13.4.